The maximum Gasteiger partial charge on any atom is 0.433 e. The van der Waals surface area contributed by atoms with Crippen LogP contribution in [-0.2, 0) is 11.2 Å². The van der Waals surface area contributed by atoms with E-state index in [1.54, 1.807) is 25.4 Å². The number of carboxylic acids is 1. The summed E-state index contributed by atoms with van der Waals surface area (Å²) in [6.45, 7) is 13.1. The Bertz CT molecular complexity index is 7180. The van der Waals surface area contributed by atoms with E-state index in [4.69, 9.17) is 39.3 Å². The number of pyridine rings is 4. The number of furan rings is 1. The number of aliphatic carboxylic acids is 1. The minimum atomic E-state index is -0.774. The van der Waals surface area contributed by atoms with Crippen LogP contribution in [0.5, 0.6) is 0 Å². The van der Waals surface area contributed by atoms with Crippen LogP contribution in [0.4, 0.5) is 40.9 Å². The highest BCUT2D eigenvalue weighted by molar-refractivity contribution is 5.97. The molecule has 8 atom stereocenters. The van der Waals surface area contributed by atoms with Gasteiger partial charge in [-0.1, -0.05) is 75.2 Å². The van der Waals surface area contributed by atoms with Crippen LogP contribution in [0, 0.1) is 129 Å². The van der Waals surface area contributed by atoms with Crippen LogP contribution in [0.25, 0.3) is 123 Å². The molecule has 16 aromatic rings. The first kappa shape index (κ1) is 87.5. The number of carbonyl (C=O) groups is 1. The molecule has 8 bridgehead atoms. The summed E-state index contributed by atoms with van der Waals surface area (Å²) in [6, 6.07) is 37.9. The van der Waals surface area contributed by atoms with Gasteiger partial charge in [0, 0.05) is 128 Å². The average Bonchev–Trinajstić information content (AvgIpc) is 1.76. The van der Waals surface area contributed by atoms with Crippen LogP contribution < -0.4 is 16.0 Å². The largest absolute Gasteiger partial charge is 0.481 e. The van der Waals surface area contributed by atoms with Crippen LogP contribution in [0.15, 0.2) is 175 Å². The second kappa shape index (κ2) is 36.7. The molecule has 14 aromatic heterocycles. The normalized spacial score (nSPS) is 24.1. The van der Waals surface area contributed by atoms with Crippen LogP contribution in [0.1, 0.15) is 166 Å². The van der Waals surface area contributed by atoms with E-state index in [1.807, 2.05) is 73.1 Å². The molecule has 8 N–H and O–H groups in total. The van der Waals surface area contributed by atoms with Gasteiger partial charge >= 0.3 is 11.9 Å². The molecule has 2 unspecified atom stereocenters. The van der Waals surface area contributed by atoms with Crippen LogP contribution in [-0.4, -0.2) is 118 Å². The third-order valence-electron chi connectivity index (χ3n) is 30.8. The highest BCUT2D eigenvalue weighted by Crippen LogP contribution is 2.53. The number of benzene rings is 2. The lowest BCUT2D eigenvalue weighted by molar-refractivity contribution is -0.401. The minimum Gasteiger partial charge on any atom is -0.481 e. The van der Waals surface area contributed by atoms with Crippen molar-refractivity contribution in [2.75, 3.05) is 16.0 Å². The summed E-state index contributed by atoms with van der Waals surface area (Å²) in [5, 5.41) is 36.1. The minimum absolute atomic E-state index is 0.0707. The van der Waals surface area contributed by atoms with Crippen molar-refractivity contribution >= 4 is 84.5 Å². The summed E-state index contributed by atoms with van der Waals surface area (Å²) in [4.78, 5) is 90.5. The van der Waals surface area contributed by atoms with Crippen LogP contribution >= 0.6 is 0 Å². The molecule has 12 aliphatic rings. The van der Waals surface area contributed by atoms with E-state index in [-0.39, 0.29) is 41.1 Å². The Morgan fingerprint density at radius 1 is 0.496 bits per heavy atom. The third kappa shape index (κ3) is 17.6. The molecule has 135 heavy (non-hydrogen) atoms. The van der Waals surface area contributed by atoms with Gasteiger partial charge in [-0.2, -0.15) is 0 Å². The lowest BCUT2D eigenvalue weighted by Crippen LogP contribution is -2.47. The molecular weight excluding hydrogens is 1710 g/mol. The van der Waals surface area contributed by atoms with Crippen LogP contribution in [0.2, 0.25) is 0 Å². The van der Waals surface area contributed by atoms with E-state index >= 15 is 0 Å². The first-order valence-electron chi connectivity index (χ1n) is 47.5. The van der Waals surface area contributed by atoms with E-state index in [9.17, 15) is 37.6 Å². The molecule has 30 heteroatoms. The zero-order valence-electron chi connectivity index (χ0n) is 75.9. The van der Waals surface area contributed by atoms with Gasteiger partial charge in [-0.15, -0.1) is 0 Å². The number of hydrogen-bond donors (Lipinski definition) is 8. The van der Waals surface area contributed by atoms with Gasteiger partial charge in [0.25, 0.3) is 0 Å². The number of rotatable bonds is 17. The van der Waals surface area contributed by atoms with Gasteiger partial charge in [0.2, 0.25) is 0 Å². The van der Waals surface area contributed by atoms with Crippen molar-refractivity contribution in [3.63, 3.8) is 0 Å². The fraction of sp³-hybridized carbons (Fsp3) is 0.381. The van der Waals surface area contributed by atoms with Crippen molar-refractivity contribution in [3.05, 3.63) is 227 Å². The van der Waals surface area contributed by atoms with Gasteiger partial charge in [0.05, 0.1) is 47.3 Å². The molecule has 0 aliphatic heterocycles. The summed E-state index contributed by atoms with van der Waals surface area (Å²) < 4.78 is 63.8. The summed E-state index contributed by atoms with van der Waals surface area (Å²) in [7, 11) is 0. The fourth-order valence-electron chi connectivity index (χ4n) is 23.6. The molecule has 0 spiro atoms. The number of aromatic nitrogens is 17. The molecule has 0 radical (unpaired) electrons. The number of carboxylic acid groups (broad SMARTS) is 1. The fourth-order valence-corrected chi connectivity index (χ4v) is 23.6. The Labute approximate surface area is 776 Å². The summed E-state index contributed by atoms with van der Waals surface area (Å²) >= 11 is 0. The molecule has 26 nitrogen and oxygen atoms in total. The molecular formula is C105H105F4N21O5. The quantitative estimate of drug-likeness (QED) is 0.0182. The number of aryl methyl sites for hydroxylation is 1. The average molecular weight is 1820 g/mol. The molecule has 12 saturated carbocycles. The predicted molar refractivity (Wildman–Crippen MR) is 511 cm³/mol. The Balaban J connectivity index is 0.000000108. The number of nitrogens with one attached hydrogen (secondary N) is 7. The lowest BCUT2D eigenvalue weighted by atomic mass is 9.57. The molecule has 12 aliphatic carbocycles. The molecule has 0 saturated heterocycles. The number of hydrogen-bond acceptors (Lipinski definition) is 19. The number of halogens is 4. The van der Waals surface area contributed by atoms with E-state index in [0.29, 0.717) is 161 Å². The lowest BCUT2D eigenvalue weighted by Gasteiger charge is -2.47. The zero-order chi connectivity index (χ0) is 92.6. The Hall–Kier alpha value is -14.1. The molecule has 12 fully saturated rings. The van der Waals surface area contributed by atoms with Gasteiger partial charge in [0.15, 0.2) is 29.1 Å². The van der Waals surface area contributed by atoms with Crippen molar-refractivity contribution < 1.29 is 36.8 Å². The number of nitrogens with zero attached hydrogens (tertiary/aromatic N) is 14. The standard InChI is InChI=1S/C28H26FN5.C27H28FN5.C25H29FN6.C25H22FN5O5/c1-17-19-8-10-20(11-9-19)26(17)33-25-14-22(12-7-18-5-3-2-4-6-18)32-28(34-25)24-16-31-27-23(24)13-21(29)15-30-27;1-15-17-8-10-19(11-9-17)25(15)32-24-13-23(18-6-4-3-5-7-18)31-27(33-24)21-14-29-26-20(21)12-22(28)16(2)30-26;1-13(2)32-9-8-18-23(29-21-14(3)15-4-6-16(21)7-5-15)30-24(31-25(18)32)20-12-28-22-19(20)10-17(26)11-27-22;26-14-7-17-18(11-28-23(17)27-10-14)24-29-15(9-19(30-24)20-5-6-21(36-20)31(34)35)8-16-12-1-3-13(4-2-12)22(16)25(32)33/h2-6,13-17,19-20,26H,8-11H2,1H3,(H,30,31)(H,32,33,34);3-7,12-15,17,19,25H,8-11H2,1-2H3,(H,29,30)(H,31,32,33);8-16,21H,4-7H2,1-3H3,(H,27,28)(H,29,30,31);5-7,9-13,16,22H,1-4,8H2,(H,27,28)(H,32,33)/t17-,19?,20?,26+;;14-,15?,16?,21+;12?,13?,16-,22-/m0.00/s1. The summed E-state index contributed by atoms with van der Waals surface area (Å²) in [5.74, 6) is 14.5. The van der Waals surface area contributed by atoms with Gasteiger partial charge < -0.3 is 50.0 Å². The molecule has 688 valence electrons. The maximum absolute atomic E-state index is 14.4. The van der Waals surface area contributed by atoms with Crippen molar-refractivity contribution in [2.45, 2.75) is 175 Å². The number of aromatic amines is 4. The molecule has 14 heterocycles. The van der Waals surface area contributed by atoms with Gasteiger partial charge in [-0.3, -0.25) is 14.9 Å². The summed E-state index contributed by atoms with van der Waals surface area (Å²) in [5.41, 5.74) is 10.8. The molecule has 0 amide bonds. The highest BCUT2D eigenvalue weighted by Gasteiger charge is 2.49. The SMILES string of the molecule is CC(C)n1ccc2c(N[C@H]3C4CCC(CC4)[C@@H]3C)nc(-c3c[nH]c4ncc(F)cc34)nc21.C[C@H]1C2CCC(CC2)[C@@H]1Nc1cc(C#Cc2ccccc2)nc(-c2c[nH]c3ncc(F)cc23)n1.Cc1nc2[nH]cc(-c3nc(NC4C5CCC(CC5)C4C)cc(-c4ccccc4)n3)c2cc1F.O=C(O)[C@H]1C2CCC(CC2)[C@@H]1Cc1cc(-c2ccc([N+](=O)[O-])o2)nc(-c2c[nH]c3ncc(F)cc23)n1. The van der Waals surface area contributed by atoms with Gasteiger partial charge in [0.1, 0.15) is 85.3 Å². The monoisotopic (exact) mass is 1820 g/mol. The zero-order valence-corrected chi connectivity index (χ0v) is 75.9. The number of H-pyrrole nitrogens is 4. The van der Waals surface area contributed by atoms with Crippen molar-refractivity contribution in [3.8, 4) is 80.1 Å². The first-order valence-corrected chi connectivity index (χ1v) is 47.5. The third-order valence-corrected chi connectivity index (χ3v) is 30.8. The number of nitro groups is 1. The second-order valence-electron chi connectivity index (χ2n) is 38.7. The maximum atomic E-state index is 14.4. The molecule has 28 rings (SSSR count). The highest BCUT2D eigenvalue weighted by atomic mass is 19.1. The summed E-state index contributed by atoms with van der Waals surface area (Å²) in [6.07, 6.45) is 32.8. The van der Waals surface area contributed by atoms with Crippen molar-refractivity contribution in [1.29, 1.82) is 0 Å². The number of anilines is 3. The number of fused-ring (bicyclic) bond motifs is 17. The van der Waals surface area contributed by atoms with E-state index in [1.165, 1.54) is 126 Å². The predicted octanol–water partition coefficient (Wildman–Crippen LogP) is 23.1. The van der Waals surface area contributed by atoms with Gasteiger partial charge in [-0.25, -0.2) is 77.4 Å². The van der Waals surface area contributed by atoms with Crippen molar-refractivity contribution in [2.24, 2.45) is 76.9 Å². The Morgan fingerprint density at radius 3 is 1.48 bits per heavy atom. The van der Waals surface area contributed by atoms with E-state index < -0.39 is 34.3 Å². The Morgan fingerprint density at radius 2 is 0.963 bits per heavy atom. The first-order chi connectivity index (χ1) is 65.6. The second-order valence-corrected chi connectivity index (χ2v) is 38.7. The van der Waals surface area contributed by atoms with E-state index in [0.717, 1.165) is 106 Å². The smallest absolute Gasteiger partial charge is 0.433 e. The van der Waals surface area contributed by atoms with E-state index in [2.05, 4.69) is 136 Å². The van der Waals surface area contributed by atoms with Crippen molar-refractivity contribution in [1.82, 2.24) is 84.3 Å². The topological polar surface area (TPSA) is 352 Å². The van der Waals surface area contributed by atoms with Gasteiger partial charge in [-0.05, 0) is 261 Å². The Kier molecular flexibility index (Phi) is 23.8. The molecule has 2 aromatic carbocycles. The van der Waals surface area contributed by atoms with Crippen LogP contribution in [0.3, 0.4) is 0 Å².